The summed E-state index contributed by atoms with van der Waals surface area (Å²) in [6.07, 6.45) is 0.0495. The summed E-state index contributed by atoms with van der Waals surface area (Å²) in [4.78, 5) is 45.9. The fourth-order valence-electron chi connectivity index (χ4n) is 3.87. The fraction of sp³-hybridized carbons (Fsp3) is 0.333. The van der Waals surface area contributed by atoms with Crippen molar-refractivity contribution < 1.29 is 33.8 Å². The molecule has 2 aromatic carbocycles. The number of aliphatic carboxylic acids is 1. The molecule has 34 heavy (non-hydrogen) atoms. The van der Waals surface area contributed by atoms with Crippen molar-refractivity contribution in [1.82, 2.24) is 5.32 Å². The molecule has 0 radical (unpaired) electrons. The Kier molecular flexibility index (Phi) is 7.13. The zero-order valence-electron chi connectivity index (χ0n) is 18.0. The molecule has 2 N–H and O–H groups in total. The number of halogens is 1. The first-order chi connectivity index (χ1) is 16.2. The highest BCUT2D eigenvalue weighted by Gasteiger charge is 2.59. The van der Waals surface area contributed by atoms with E-state index in [-0.39, 0.29) is 30.6 Å². The van der Waals surface area contributed by atoms with Gasteiger partial charge >= 0.3 is 11.9 Å². The molecule has 0 bridgehead atoms. The second kappa shape index (κ2) is 10.1. The van der Waals surface area contributed by atoms with Gasteiger partial charge in [0.25, 0.3) is 5.24 Å². The Hall–Kier alpha value is -3.04. The fourth-order valence-corrected chi connectivity index (χ4v) is 4.92. The third-order valence-electron chi connectivity index (χ3n) is 5.83. The average Bonchev–Trinajstić information content (AvgIpc) is 3.40. The largest absolute Gasteiger partial charge is 0.493 e. The van der Waals surface area contributed by atoms with E-state index in [1.165, 1.54) is 0 Å². The number of thioether (sulfide) groups is 1. The number of benzene rings is 2. The van der Waals surface area contributed by atoms with Crippen LogP contribution in [0, 0.1) is 0 Å². The zero-order chi connectivity index (χ0) is 24.3. The van der Waals surface area contributed by atoms with Crippen molar-refractivity contribution in [2.45, 2.75) is 42.5 Å². The van der Waals surface area contributed by atoms with Crippen LogP contribution < -0.4 is 10.1 Å². The summed E-state index contributed by atoms with van der Waals surface area (Å²) in [5.74, 6) is -1.29. The van der Waals surface area contributed by atoms with Crippen LogP contribution in [0.1, 0.15) is 30.4 Å². The topological polar surface area (TPSA) is 119 Å². The molecule has 0 spiro atoms. The lowest BCUT2D eigenvalue weighted by atomic mass is 9.96. The summed E-state index contributed by atoms with van der Waals surface area (Å²) in [5, 5.41) is 10.8. The molecule has 3 unspecified atom stereocenters. The number of carbonyl (C=O) groups excluding carboxylic acids is 3. The summed E-state index contributed by atoms with van der Waals surface area (Å²) >= 11 is 7.16. The molecule has 178 valence electrons. The first-order valence-electron chi connectivity index (χ1n) is 10.7. The maximum absolute atomic E-state index is 12.1. The number of carboxylic acids is 1. The van der Waals surface area contributed by atoms with Gasteiger partial charge in [-0.3, -0.25) is 24.5 Å². The number of amides is 2. The van der Waals surface area contributed by atoms with Gasteiger partial charge in [-0.1, -0.05) is 47.6 Å². The minimum atomic E-state index is -1.06. The van der Waals surface area contributed by atoms with Crippen molar-refractivity contribution >= 4 is 46.4 Å². The molecule has 1 heterocycles. The third kappa shape index (κ3) is 5.71. The molecule has 3 atom stereocenters. The van der Waals surface area contributed by atoms with Gasteiger partial charge in [0.1, 0.15) is 18.5 Å². The highest BCUT2D eigenvalue weighted by atomic mass is 35.5. The first kappa shape index (κ1) is 24.1. The molecule has 2 aromatic rings. The van der Waals surface area contributed by atoms with Crippen molar-refractivity contribution in [3.8, 4) is 5.75 Å². The molecule has 2 aliphatic rings. The lowest BCUT2D eigenvalue weighted by molar-refractivity contribution is -0.149. The minimum absolute atomic E-state index is 0.192. The summed E-state index contributed by atoms with van der Waals surface area (Å²) in [5.41, 5.74) is 1.19. The summed E-state index contributed by atoms with van der Waals surface area (Å²) in [7, 11) is 0. The van der Waals surface area contributed by atoms with E-state index in [0.29, 0.717) is 23.6 Å². The summed E-state index contributed by atoms with van der Waals surface area (Å²) in [6.45, 7) is 0.235. The monoisotopic (exact) mass is 503 g/mol. The van der Waals surface area contributed by atoms with E-state index < -0.39 is 28.7 Å². The van der Waals surface area contributed by atoms with Crippen molar-refractivity contribution in [2.24, 2.45) is 0 Å². The van der Waals surface area contributed by atoms with Crippen LogP contribution in [0.2, 0.25) is 5.02 Å². The average molecular weight is 504 g/mol. The van der Waals surface area contributed by atoms with E-state index in [0.717, 1.165) is 22.9 Å². The van der Waals surface area contributed by atoms with Crippen molar-refractivity contribution in [2.75, 3.05) is 6.61 Å². The van der Waals surface area contributed by atoms with Gasteiger partial charge in [-0.05, 0) is 41.8 Å². The second-order valence-electron chi connectivity index (χ2n) is 8.26. The zero-order valence-corrected chi connectivity index (χ0v) is 19.6. The number of imide groups is 1. The van der Waals surface area contributed by atoms with Gasteiger partial charge in [0, 0.05) is 11.4 Å². The Morgan fingerprint density at radius 1 is 1.15 bits per heavy atom. The van der Waals surface area contributed by atoms with Crippen LogP contribution in [0.3, 0.4) is 0 Å². The van der Waals surface area contributed by atoms with Gasteiger partial charge in [-0.15, -0.1) is 0 Å². The van der Waals surface area contributed by atoms with Crippen molar-refractivity contribution in [3.05, 3.63) is 64.7 Å². The van der Waals surface area contributed by atoms with Gasteiger partial charge < -0.3 is 14.6 Å². The SMILES string of the molecule is O=C(O)CCC(=O)OC1CC1(COc1ccc(CC2SC(=O)NC2=O)cc1)c1cccc(Cl)c1. The van der Waals surface area contributed by atoms with Crippen LogP contribution >= 0.6 is 23.4 Å². The molecule has 1 saturated heterocycles. The minimum Gasteiger partial charge on any atom is -0.493 e. The van der Waals surface area contributed by atoms with Crippen LogP contribution in [0.25, 0.3) is 0 Å². The highest BCUT2D eigenvalue weighted by Crippen LogP contribution is 2.51. The van der Waals surface area contributed by atoms with E-state index >= 15 is 0 Å². The van der Waals surface area contributed by atoms with E-state index in [2.05, 4.69) is 5.32 Å². The van der Waals surface area contributed by atoms with Gasteiger partial charge in [-0.25, -0.2) is 0 Å². The van der Waals surface area contributed by atoms with E-state index in [4.69, 9.17) is 26.2 Å². The van der Waals surface area contributed by atoms with Gasteiger partial charge in [0.15, 0.2) is 0 Å². The Balaban J connectivity index is 1.40. The molecule has 1 aliphatic heterocycles. The molecular formula is C24H22ClNO7S. The maximum atomic E-state index is 12.1. The summed E-state index contributed by atoms with van der Waals surface area (Å²) in [6, 6.07) is 14.5. The number of rotatable bonds is 10. The van der Waals surface area contributed by atoms with E-state index in [1.807, 2.05) is 30.3 Å². The van der Waals surface area contributed by atoms with Crippen LogP contribution in [-0.2, 0) is 31.0 Å². The molecule has 8 nitrogen and oxygen atoms in total. The van der Waals surface area contributed by atoms with Crippen molar-refractivity contribution in [3.63, 3.8) is 0 Å². The quantitative estimate of drug-likeness (QED) is 0.471. The predicted octanol–water partition coefficient (Wildman–Crippen LogP) is 3.73. The summed E-state index contributed by atoms with van der Waals surface area (Å²) < 4.78 is 11.6. The van der Waals surface area contributed by atoms with E-state index in [9.17, 15) is 19.2 Å². The molecule has 2 fully saturated rings. The predicted molar refractivity (Wildman–Crippen MR) is 125 cm³/mol. The normalized spacial score (nSPS) is 23.3. The van der Waals surface area contributed by atoms with Crippen LogP contribution in [0.15, 0.2) is 48.5 Å². The molecule has 4 rings (SSSR count). The molecular weight excluding hydrogens is 482 g/mol. The number of hydrogen-bond acceptors (Lipinski definition) is 7. The van der Waals surface area contributed by atoms with E-state index in [1.54, 1.807) is 18.2 Å². The van der Waals surface area contributed by atoms with Gasteiger partial charge in [0.05, 0.1) is 23.5 Å². The Morgan fingerprint density at radius 3 is 2.56 bits per heavy atom. The third-order valence-corrected chi connectivity index (χ3v) is 7.05. The smallest absolute Gasteiger partial charge is 0.306 e. The molecule has 10 heteroatoms. The number of carboxylic acid groups (broad SMARTS) is 1. The second-order valence-corrected chi connectivity index (χ2v) is 9.87. The maximum Gasteiger partial charge on any atom is 0.306 e. The lowest BCUT2D eigenvalue weighted by Crippen LogP contribution is -2.25. The molecule has 0 aromatic heterocycles. The van der Waals surface area contributed by atoms with Gasteiger partial charge in [0.2, 0.25) is 5.91 Å². The van der Waals surface area contributed by atoms with Crippen molar-refractivity contribution in [1.29, 1.82) is 0 Å². The standard InChI is InChI=1S/C24H22ClNO7S/c25-16-3-1-2-15(11-16)24(12-19(24)33-21(29)9-8-20(27)28)13-32-17-6-4-14(5-7-17)10-18-22(30)26-23(31)34-18/h1-7,11,18-19H,8-10,12-13H2,(H,27,28)(H,26,30,31). The number of esters is 1. The van der Waals surface area contributed by atoms with Gasteiger partial charge in [-0.2, -0.15) is 0 Å². The number of nitrogens with one attached hydrogen (secondary N) is 1. The van der Waals surface area contributed by atoms with Crippen LogP contribution in [0.5, 0.6) is 5.75 Å². The number of ether oxygens (including phenoxy) is 2. The molecule has 1 aliphatic carbocycles. The molecule has 2 amide bonds. The molecule has 1 saturated carbocycles. The Labute approximate surface area is 204 Å². The highest BCUT2D eigenvalue weighted by molar-refractivity contribution is 8.15. The van der Waals surface area contributed by atoms with Crippen LogP contribution in [0.4, 0.5) is 4.79 Å². The number of hydrogen-bond donors (Lipinski definition) is 2. The van der Waals surface area contributed by atoms with Crippen LogP contribution in [-0.4, -0.2) is 46.2 Å². The Morgan fingerprint density at radius 2 is 1.91 bits per heavy atom. The first-order valence-corrected chi connectivity index (χ1v) is 11.9. The lowest BCUT2D eigenvalue weighted by Gasteiger charge is -2.19. The number of carbonyl (C=O) groups is 4. The Bertz CT molecular complexity index is 1120.